The molecule has 0 aliphatic rings. The predicted octanol–water partition coefficient (Wildman–Crippen LogP) is 21.2. The van der Waals surface area contributed by atoms with Gasteiger partial charge in [-0.3, -0.25) is 0 Å². The molecule has 0 atom stereocenters. The summed E-state index contributed by atoms with van der Waals surface area (Å²) in [5.41, 5.74) is 21.4. The average molecular weight is 1200 g/mol. The third-order valence-electron chi connectivity index (χ3n) is 19.8. The molecule has 9 nitrogen and oxygen atoms in total. The molecule has 0 saturated heterocycles. The van der Waals surface area contributed by atoms with Gasteiger partial charge in [0.25, 0.3) is 0 Å². The molecule has 0 saturated carbocycles. The first-order valence-corrected chi connectivity index (χ1v) is 31.9. The minimum atomic E-state index is 0.487. The molecular weight excluding hydrogens is 1150 g/mol. The SMILES string of the molecule is Cc1cc(-c2cc(-n3c4cc(-n5c6ccccc6c6ccccc65)ccc4c4ccc(-n5c6ccccc6c6ccccc65)cc43)c(-n3c4cc(-n5c6ccccc6c6ccccc65)ccc4c4ccc(-n5c6ccccc6c6ccccc65)cc43)cc2C#N)nc(C)n1. The molecule has 0 unspecified atom stereocenters. The third-order valence-corrected chi connectivity index (χ3v) is 19.8. The molecule has 438 valence electrons. The van der Waals surface area contributed by atoms with E-state index < -0.39 is 0 Å². The smallest absolute Gasteiger partial charge is 0.126 e. The number of fused-ring (bicyclic) bond motifs is 18. The second-order valence-electron chi connectivity index (χ2n) is 24.9. The fourth-order valence-electron chi connectivity index (χ4n) is 16.0. The van der Waals surface area contributed by atoms with Crippen molar-refractivity contribution in [2.75, 3.05) is 0 Å². The van der Waals surface area contributed by atoms with Crippen LogP contribution in [0.4, 0.5) is 0 Å². The van der Waals surface area contributed by atoms with Gasteiger partial charge in [0.15, 0.2) is 0 Å². The van der Waals surface area contributed by atoms with E-state index in [1.165, 1.54) is 43.1 Å². The zero-order valence-electron chi connectivity index (χ0n) is 51.2. The largest absolute Gasteiger partial charge is 0.309 e. The van der Waals surface area contributed by atoms with Gasteiger partial charge in [0.05, 0.1) is 94.9 Å². The van der Waals surface area contributed by atoms with Crippen LogP contribution in [0.15, 0.2) is 285 Å². The molecule has 20 rings (SSSR count). The Bertz CT molecular complexity index is 6150. The molecule has 0 fully saturated rings. The van der Waals surface area contributed by atoms with E-state index in [1.54, 1.807) is 0 Å². The van der Waals surface area contributed by atoms with Crippen LogP contribution in [0.1, 0.15) is 17.1 Å². The van der Waals surface area contributed by atoms with Crippen LogP contribution in [0.2, 0.25) is 0 Å². The maximum absolute atomic E-state index is 11.9. The van der Waals surface area contributed by atoms with Gasteiger partial charge in [-0.05, 0) is 129 Å². The lowest BCUT2D eigenvalue weighted by atomic mass is 10.0. The zero-order valence-corrected chi connectivity index (χ0v) is 51.2. The minimum absolute atomic E-state index is 0.487. The quantitative estimate of drug-likeness (QED) is 0.159. The lowest BCUT2D eigenvalue weighted by Gasteiger charge is -2.20. The lowest BCUT2D eigenvalue weighted by molar-refractivity contribution is 1.01. The second-order valence-corrected chi connectivity index (χ2v) is 24.9. The third kappa shape index (κ3) is 7.33. The highest BCUT2D eigenvalue weighted by atomic mass is 15.1. The van der Waals surface area contributed by atoms with Crippen molar-refractivity contribution >= 4 is 131 Å². The van der Waals surface area contributed by atoms with E-state index in [4.69, 9.17) is 9.97 Å². The molecule has 0 radical (unpaired) electrons. The summed E-state index contributed by atoms with van der Waals surface area (Å²) in [6.07, 6.45) is 0. The van der Waals surface area contributed by atoms with Crippen molar-refractivity contribution in [2.45, 2.75) is 13.8 Å². The number of para-hydroxylation sites is 8. The van der Waals surface area contributed by atoms with E-state index >= 15 is 0 Å². The molecular formula is C85H53N9. The maximum Gasteiger partial charge on any atom is 0.126 e. The number of nitrogens with zero attached hydrogens (tertiary/aromatic N) is 9. The van der Waals surface area contributed by atoms with Crippen LogP contribution in [-0.2, 0) is 0 Å². The summed E-state index contributed by atoms with van der Waals surface area (Å²) in [5, 5.41) is 25.7. The standard InChI is InChI=1S/C85H53N9/c1-51-43-71(88-52(2)87-51)70-49-85(94-82-47-56(91-76-31-15-7-23-62(76)63-24-8-16-32-77(63)91)37-41-68(82)69-42-38-57(48-83(69)94)92-78-33-17-9-25-64(78)65-26-10-18-34-79(65)92)84(44-53(70)50-86)93-80-45-54(89-72-27-11-3-19-58(72)59-20-4-12-28-73(59)89)35-39-66(80)67-40-36-55(46-81(67)93)90-74-29-13-5-21-60(74)61-22-6-14-30-75(61)90/h3-49H,1-2H3. The summed E-state index contributed by atoms with van der Waals surface area (Å²) in [6.45, 7) is 3.93. The van der Waals surface area contributed by atoms with Gasteiger partial charge in [-0.15, -0.1) is 0 Å². The van der Waals surface area contributed by atoms with Crippen molar-refractivity contribution in [1.29, 1.82) is 5.26 Å². The Hall–Kier alpha value is -12.8. The fraction of sp³-hybridized carbons (Fsp3) is 0.0235. The van der Waals surface area contributed by atoms with Gasteiger partial charge in [0, 0.05) is 98.6 Å². The number of rotatable bonds is 7. The van der Waals surface area contributed by atoms with Gasteiger partial charge in [0.2, 0.25) is 0 Å². The normalized spacial score (nSPS) is 12.1. The first kappa shape index (κ1) is 52.0. The first-order chi connectivity index (χ1) is 46.4. The Morgan fingerprint density at radius 1 is 0.255 bits per heavy atom. The van der Waals surface area contributed by atoms with Crippen LogP contribution in [0, 0.1) is 25.2 Å². The Kier molecular flexibility index (Phi) is 10.9. The van der Waals surface area contributed by atoms with Gasteiger partial charge in [0.1, 0.15) is 5.82 Å². The molecule has 0 spiro atoms. The molecule has 0 aliphatic carbocycles. The van der Waals surface area contributed by atoms with Crippen molar-refractivity contribution in [2.24, 2.45) is 0 Å². The molecule has 0 bridgehead atoms. The summed E-state index contributed by atoms with van der Waals surface area (Å²) in [4.78, 5) is 9.93. The van der Waals surface area contributed by atoms with Crippen molar-refractivity contribution in [3.05, 3.63) is 302 Å². The van der Waals surface area contributed by atoms with Gasteiger partial charge in [-0.2, -0.15) is 5.26 Å². The summed E-state index contributed by atoms with van der Waals surface area (Å²) < 4.78 is 14.5. The molecule has 13 aromatic carbocycles. The maximum atomic E-state index is 11.9. The molecule has 9 heteroatoms. The van der Waals surface area contributed by atoms with Crippen molar-refractivity contribution < 1.29 is 0 Å². The van der Waals surface area contributed by atoms with Crippen molar-refractivity contribution in [3.63, 3.8) is 0 Å². The summed E-state index contributed by atoms with van der Waals surface area (Å²) in [7, 11) is 0. The number of nitriles is 1. The number of hydrogen-bond acceptors (Lipinski definition) is 3. The Balaban J connectivity index is 0.965. The van der Waals surface area contributed by atoms with Gasteiger partial charge in [-0.1, -0.05) is 170 Å². The minimum Gasteiger partial charge on any atom is -0.309 e. The topological polar surface area (TPSA) is 79.1 Å². The van der Waals surface area contributed by atoms with Gasteiger partial charge in [-0.25, -0.2) is 9.97 Å². The average Bonchev–Trinajstić information content (AvgIpc) is 1.55. The monoisotopic (exact) mass is 1200 g/mol. The fourth-order valence-corrected chi connectivity index (χ4v) is 16.0. The molecule has 0 aliphatic heterocycles. The van der Waals surface area contributed by atoms with Crippen LogP contribution >= 0.6 is 0 Å². The number of aromatic nitrogens is 8. The predicted molar refractivity (Wildman–Crippen MR) is 388 cm³/mol. The van der Waals surface area contributed by atoms with Crippen molar-refractivity contribution in [1.82, 2.24) is 37.4 Å². The van der Waals surface area contributed by atoms with E-state index in [0.717, 1.165) is 128 Å². The highest BCUT2D eigenvalue weighted by Crippen LogP contribution is 2.46. The number of aryl methyl sites for hydroxylation is 2. The summed E-state index contributed by atoms with van der Waals surface area (Å²) in [6, 6.07) is 107. The molecule has 20 aromatic rings. The first-order valence-electron chi connectivity index (χ1n) is 31.9. The highest BCUT2D eigenvalue weighted by molar-refractivity contribution is 6.17. The Morgan fingerprint density at radius 2 is 0.511 bits per heavy atom. The van der Waals surface area contributed by atoms with E-state index in [9.17, 15) is 5.26 Å². The Morgan fingerprint density at radius 3 is 0.777 bits per heavy atom. The van der Waals surface area contributed by atoms with Crippen molar-refractivity contribution in [3.8, 4) is 51.5 Å². The number of hydrogen-bond donors (Lipinski definition) is 0. The molecule has 7 aromatic heterocycles. The Labute approximate surface area is 537 Å². The second kappa shape index (κ2) is 19.6. The van der Waals surface area contributed by atoms with Crippen LogP contribution in [0.3, 0.4) is 0 Å². The van der Waals surface area contributed by atoms with Gasteiger partial charge >= 0.3 is 0 Å². The van der Waals surface area contributed by atoms with Crippen LogP contribution in [0.25, 0.3) is 176 Å². The highest BCUT2D eigenvalue weighted by Gasteiger charge is 2.27. The van der Waals surface area contributed by atoms with E-state index in [-0.39, 0.29) is 0 Å². The van der Waals surface area contributed by atoms with E-state index in [1.807, 2.05) is 19.9 Å². The van der Waals surface area contributed by atoms with Gasteiger partial charge < -0.3 is 27.4 Å². The summed E-state index contributed by atoms with van der Waals surface area (Å²) in [5.74, 6) is 0.630. The van der Waals surface area contributed by atoms with E-state index in [0.29, 0.717) is 22.6 Å². The van der Waals surface area contributed by atoms with E-state index in [2.05, 4.69) is 313 Å². The number of benzene rings is 13. The van der Waals surface area contributed by atoms with Crippen LogP contribution in [-0.4, -0.2) is 37.4 Å². The molecule has 94 heavy (non-hydrogen) atoms. The lowest BCUT2D eigenvalue weighted by Crippen LogP contribution is -2.07. The van der Waals surface area contributed by atoms with Crippen LogP contribution in [0.5, 0.6) is 0 Å². The zero-order chi connectivity index (χ0) is 62.0. The van der Waals surface area contributed by atoms with Crippen LogP contribution < -0.4 is 0 Å². The molecule has 7 heterocycles. The summed E-state index contributed by atoms with van der Waals surface area (Å²) >= 11 is 0. The molecule has 0 amide bonds. The molecule has 0 N–H and O–H groups in total.